The van der Waals surface area contributed by atoms with Crippen LogP contribution >= 0.6 is 0 Å². The van der Waals surface area contributed by atoms with Crippen LogP contribution in [-0.4, -0.2) is 12.6 Å². The molecular formula is C24H40O2. The molecule has 0 aromatic heterocycles. The Bertz CT molecular complexity index is 487. The number of hydrogen-bond acceptors (Lipinski definition) is 2. The first-order valence-electron chi connectivity index (χ1n) is 9.25. The van der Waals surface area contributed by atoms with Crippen molar-refractivity contribution in [2.45, 2.75) is 87.5 Å². The van der Waals surface area contributed by atoms with E-state index in [2.05, 4.69) is 53.7 Å². The fourth-order valence-corrected chi connectivity index (χ4v) is 2.41. The second-order valence-electron chi connectivity index (χ2n) is 7.62. The Hall–Kier alpha value is -1.70. The summed E-state index contributed by atoms with van der Waals surface area (Å²) in [5.41, 5.74) is 4.17. The van der Waals surface area contributed by atoms with Crippen LogP contribution in [0.5, 0.6) is 0 Å². The summed E-state index contributed by atoms with van der Waals surface area (Å²) < 4.78 is 0. The van der Waals surface area contributed by atoms with Gasteiger partial charge < -0.3 is 9.59 Å². The summed E-state index contributed by atoms with van der Waals surface area (Å²) in [4.78, 5) is 23.2. The first kappa shape index (κ1) is 26.5. The fraction of sp³-hybridized carbons (Fsp3) is 0.583. The summed E-state index contributed by atoms with van der Waals surface area (Å²) in [5.74, 6) is 0. The predicted octanol–water partition coefficient (Wildman–Crippen LogP) is 7.17. The third-order valence-electron chi connectivity index (χ3n) is 4.31. The maximum Gasteiger partial charge on any atom is 0.133 e. The van der Waals surface area contributed by atoms with Gasteiger partial charge >= 0.3 is 0 Å². The zero-order valence-corrected chi connectivity index (χ0v) is 17.0. The second kappa shape index (κ2) is 14.5. The lowest BCUT2D eigenvalue weighted by atomic mass is 9.82. The number of hydrogen-bond donors (Lipinski definition) is 0. The molecule has 0 N–H and O–H groups in total. The smallest absolute Gasteiger partial charge is 0.133 e. The van der Waals surface area contributed by atoms with Gasteiger partial charge in [0.25, 0.3) is 0 Å². The summed E-state index contributed by atoms with van der Waals surface area (Å²) in [6.07, 6.45) is 15.1. The van der Waals surface area contributed by atoms with E-state index < -0.39 is 5.41 Å². The lowest BCUT2D eigenvalue weighted by Crippen LogP contribution is -2.23. The largest absolute Gasteiger partial charge is 0.302 e. The van der Waals surface area contributed by atoms with Gasteiger partial charge in [0.2, 0.25) is 0 Å². The number of aldehydes is 2. The van der Waals surface area contributed by atoms with Crippen LogP contribution in [0.2, 0.25) is 0 Å². The van der Waals surface area contributed by atoms with Crippen molar-refractivity contribution in [1.29, 1.82) is 0 Å². The predicted molar refractivity (Wildman–Crippen MR) is 115 cm³/mol. The van der Waals surface area contributed by atoms with E-state index in [0.717, 1.165) is 38.3 Å². The van der Waals surface area contributed by atoms with E-state index in [-0.39, 0.29) is 7.43 Å². The molecule has 0 saturated carbocycles. The molecule has 2 nitrogen and oxygen atoms in total. The molecule has 0 aromatic rings. The van der Waals surface area contributed by atoms with Gasteiger partial charge in [-0.2, -0.15) is 0 Å². The standard InChI is InChI=1S/C23H36O2.CH4/c1-19(2)9-7-11-21(5)13-15-23(17-24,18-25)16-14-22(6)12-8-10-20(3)4;/h9-10,13-14,17-18H,7-8,11-12,15-16H2,1-6H3;1H4/b21-13+,22-14+;. The monoisotopic (exact) mass is 360 g/mol. The minimum Gasteiger partial charge on any atom is -0.302 e. The highest BCUT2D eigenvalue weighted by Crippen LogP contribution is 2.25. The second-order valence-corrected chi connectivity index (χ2v) is 7.62. The van der Waals surface area contributed by atoms with Crippen LogP contribution < -0.4 is 0 Å². The van der Waals surface area contributed by atoms with Crippen molar-refractivity contribution in [2.75, 3.05) is 0 Å². The molecule has 0 amide bonds. The Balaban J connectivity index is 0. The van der Waals surface area contributed by atoms with Crippen LogP contribution in [0, 0.1) is 5.41 Å². The van der Waals surface area contributed by atoms with E-state index in [0.29, 0.717) is 12.8 Å². The van der Waals surface area contributed by atoms with E-state index >= 15 is 0 Å². The van der Waals surface area contributed by atoms with Gasteiger partial charge in [-0.3, -0.25) is 0 Å². The molecule has 0 aliphatic carbocycles. The van der Waals surface area contributed by atoms with Gasteiger partial charge in [0.05, 0.1) is 5.41 Å². The number of allylic oxidation sites excluding steroid dienone is 8. The quantitative estimate of drug-likeness (QED) is 0.210. The molecular weight excluding hydrogens is 320 g/mol. The van der Waals surface area contributed by atoms with Crippen LogP contribution in [0.3, 0.4) is 0 Å². The molecule has 0 bridgehead atoms. The molecule has 0 spiro atoms. The van der Waals surface area contributed by atoms with E-state index in [4.69, 9.17) is 0 Å². The van der Waals surface area contributed by atoms with Crippen molar-refractivity contribution in [3.63, 3.8) is 0 Å². The summed E-state index contributed by atoms with van der Waals surface area (Å²) in [6.45, 7) is 12.5. The molecule has 2 heteroatoms. The third-order valence-corrected chi connectivity index (χ3v) is 4.31. The number of carbonyl (C=O) groups is 2. The van der Waals surface area contributed by atoms with Crippen molar-refractivity contribution in [2.24, 2.45) is 5.41 Å². The van der Waals surface area contributed by atoms with E-state index in [9.17, 15) is 9.59 Å². The summed E-state index contributed by atoms with van der Waals surface area (Å²) in [7, 11) is 0. The van der Waals surface area contributed by atoms with Crippen molar-refractivity contribution < 1.29 is 9.59 Å². The highest BCUT2D eigenvalue weighted by Gasteiger charge is 2.26. The SMILES string of the molecule is C.CC(C)=CCC/C(C)=C/CC(C=O)(C=O)C/C=C(\C)CCC=C(C)C. The van der Waals surface area contributed by atoms with Crippen LogP contribution in [-0.2, 0) is 9.59 Å². The average molecular weight is 361 g/mol. The molecule has 0 heterocycles. The summed E-state index contributed by atoms with van der Waals surface area (Å²) in [5, 5.41) is 0. The van der Waals surface area contributed by atoms with Crippen LogP contribution in [0.25, 0.3) is 0 Å². The molecule has 0 fully saturated rings. The van der Waals surface area contributed by atoms with Gasteiger partial charge in [-0.15, -0.1) is 0 Å². The Kier molecular flexibility index (Phi) is 14.8. The van der Waals surface area contributed by atoms with Crippen molar-refractivity contribution >= 4 is 12.6 Å². The minimum absolute atomic E-state index is 0. The van der Waals surface area contributed by atoms with Crippen LogP contribution in [0.4, 0.5) is 0 Å². The molecule has 0 aliphatic heterocycles. The Morgan fingerprint density at radius 1 is 0.654 bits per heavy atom. The van der Waals surface area contributed by atoms with Crippen molar-refractivity contribution in [3.8, 4) is 0 Å². The highest BCUT2D eigenvalue weighted by molar-refractivity contribution is 5.84. The molecule has 0 aliphatic rings. The molecule has 0 rings (SSSR count). The number of rotatable bonds is 12. The van der Waals surface area contributed by atoms with Crippen LogP contribution in [0.15, 0.2) is 46.6 Å². The highest BCUT2D eigenvalue weighted by atomic mass is 16.1. The molecule has 0 unspecified atom stereocenters. The van der Waals surface area contributed by atoms with Gasteiger partial charge in [-0.25, -0.2) is 0 Å². The third kappa shape index (κ3) is 12.6. The topological polar surface area (TPSA) is 34.1 Å². The minimum atomic E-state index is -0.921. The molecule has 26 heavy (non-hydrogen) atoms. The maximum atomic E-state index is 11.6. The van der Waals surface area contributed by atoms with E-state index in [1.165, 1.54) is 22.3 Å². The molecule has 0 saturated heterocycles. The van der Waals surface area contributed by atoms with Gasteiger partial charge in [0.1, 0.15) is 12.6 Å². The normalized spacial score (nSPS) is 12.1. The molecule has 0 aromatic carbocycles. The number of carbonyl (C=O) groups excluding carboxylic acids is 2. The zero-order chi connectivity index (χ0) is 19.3. The zero-order valence-electron chi connectivity index (χ0n) is 17.0. The van der Waals surface area contributed by atoms with Gasteiger partial charge in [-0.05, 0) is 80.1 Å². The molecule has 0 radical (unpaired) electrons. The first-order chi connectivity index (χ1) is 11.7. The van der Waals surface area contributed by atoms with Gasteiger partial charge in [0.15, 0.2) is 0 Å². The molecule has 148 valence electrons. The van der Waals surface area contributed by atoms with Crippen LogP contribution in [0.1, 0.15) is 87.5 Å². The molecule has 0 atom stereocenters. The summed E-state index contributed by atoms with van der Waals surface area (Å²) in [6, 6.07) is 0. The maximum absolute atomic E-state index is 11.6. The van der Waals surface area contributed by atoms with Crippen molar-refractivity contribution in [3.05, 3.63) is 46.6 Å². The fourth-order valence-electron chi connectivity index (χ4n) is 2.41. The van der Waals surface area contributed by atoms with E-state index in [1.54, 1.807) is 0 Å². The first-order valence-corrected chi connectivity index (χ1v) is 9.25. The van der Waals surface area contributed by atoms with Gasteiger partial charge in [0, 0.05) is 0 Å². The van der Waals surface area contributed by atoms with Crippen molar-refractivity contribution in [1.82, 2.24) is 0 Å². The lowest BCUT2D eigenvalue weighted by Gasteiger charge is -2.18. The Labute approximate surface area is 162 Å². The lowest BCUT2D eigenvalue weighted by molar-refractivity contribution is -0.125. The van der Waals surface area contributed by atoms with Gasteiger partial charge in [-0.1, -0.05) is 54.0 Å². The summed E-state index contributed by atoms with van der Waals surface area (Å²) >= 11 is 0. The Morgan fingerprint density at radius 3 is 1.27 bits per heavy atom. The van der Waals surface area contributed by atoms with E-state index in [1.807, 2.05) is 12.2 Å². The Morgan fingerprint density at radius 2 is 1.00 bits per heavy atom. The average Bonchev–Trinajstić information content (AvgIpc) is 2.55.